The molecule has 1 aliphatic carbocycles. The molecule has 27 heavy (non-hydrogen) atoms. The fourth-order valence-corrected chi connectivity index (χ4v) is 3.01. The van der Waals surface area contributed by atoms with Gasteiger partial charge >= 0.3 is 5.97 Å². The third-order valence-corrected chi connectivity index (χ3v) is 4.33. The first kappa shape index (κ1) is 18.8. The van der Waals surface area contributed by atoms with Crippen LogP contribution >= 0.6 is 0 Å². The van der Waals surface area contributed by atoms with Crippen molar-refractivity contribution < 1.29 is 18.7 Å². The van der Waals surface area contributed by atoms with E-state index in [0.717, 1.165) is 25.0 Å². The standard InChI is InChI=1S/C19H21FN4O3/c1-3-23(15-6-4-5-7-15)17(25)12-27-19(26)18-21-13(2)24(22-18)16-10-8-14(20)9-11-16/h6,8-11H,3-5,7,12H2,1-2H3. The lowest BCUT2D eigenvalue weighted by Crippen LogP contribution is -2.33. The predicted molar refractivity (Wildman–Crippen MR) is 95.7 cm³/mol. The molecule has 0 spiro atoms. The number of amides is 1. The number of hydrogen-bond acceptors (Lipinski definition) is 5. The molecule has 142 valence electrons. The maximum absolute atomic E-state index is 13.1. The monoisotopic (exact) mass is 372 g/mol. The van der Waals surface area contributed by atoms with Crippen molar-refractivity contribution in [1.82, 2.24) is 19.7 Å². The minimum atomic E-state index is -0.774. The van der Waals surface area contributed by atoms with Gasteiger partial charge in [0, 0.05) is 12.2 Å². The van der Waals surface area contributed by atoms with Crippen LogP contribution in [0.5, 0.6) is 0 Å². The highest BCUT2D eigenvalue weighted by Gasteiger charge is 2.22. The van der Waals surface area contributed by atoms with Crippen molar-refractivity contribution in [2.24, 2.45) is 0 Å². The molecule has 7 nitrogen and oxygen atoms in total. The normalized spacial score (nSPS) is 13.4. The second kappa shape index (κ2) is 8.11. The number of carbonyl (C=O) groups is 2. The van der Waals surface area contributed by atoms with E-state index in [1.165, 1.54) is 28.9 Å². The Kier molecular flexibility index (Phi) is 5.63. The second-order valence-corrected chi connectivity index (χ2v) is 6.17. The zero-order valence-corrected chi connectivity index (χ0v) is 15.3. The Morgan fingerprint density at radius 2 is 2.04 bits per heavy atom. The van der Waals surface area contributed by atoms with Gasteiger partial charge in [0.2, 0.25) is 0 Å². The minimum absolute atomic E-state index is 0.146. The number of allylic oxidation sites excluding steroid dienone is 2. The highest BCUT2D eigenvalue weighted by molar-refractivity contribution is 5.88. The number of likely N-dealkylation sites (N-methyl/N-ethyl adjacent to an activating group) is 1. The van der Waals surface area contributed by atoms with E-state index in [9.17, 15) is 14.0 Å². The summed E-state index contributed by atoms with van der Waals surface area (Å²) in [5.74, 6) is -1.11. The molecule has 0 saturated carbocycles. The fourth-order valence-electron chi connectivity index (χ4n) is 3.01. The molecule has 1 amide bonds. The summed E-state index contributed by atoms with van der Waals surface area (Å²) < 4.78 is 19.6. The molecule has 0 atom stereocenters. The Morgan fingerprint density at radius 1 is 1.30 bits per heavy atom. The van der Waals surface area contributed by atoms with Crippen molar-refractivity contribution in [3.05, 3.63) is 53.5 Å². The highest BCUT2D eigenvalue weighted by Crippen LogP contribution is 2.21. The molecular weight excluding hydrogens is 351 g/mol. The predicted octanol–water partition coefficient (Wildman–Crippen LogP) is 2.79. The Hall–Kier alpha value is -3.03. The molecule has 0 N–H and O–H groups in total. The van der Waals surface area contributed by atoms with E-state index in [-0.39, 0.29) is 24.2 Å². The molecule has 0 radical (unpaired) electrons. The summed E-state index contributed by atoms with van der Waals surface area (Å²) >= 11 is 0. The van der Waals surface area contributed by atoms with Crippen LogP contribution in [0.4, 0.5) is 4.39 Å². The van der Waals surface area contributed by atoms with Gasteiger partial charge in [0.1, 0.15) is 11.6 Å². The van der Waals surface area contributed by atoms with Crippen molar-refractivity contribution >= 4 is 11.9 Å². The summed E-state index contributed by atoms with van der Waals surface area (Å²) in [6, 6.07) is 5.66. The molecule has 0 unspecified atom stereocenters. The Bertz CT molecular complexity index is 874. The third kappa shape index (κ3) is 4.21. The first-order chi connectivity index (χ1) is 13.0. The Morgan fingerprint density at radius 3 is 2.67 bits per heavy atom. The lowest BCUT2D eigenvalue weighted by molar-refractivity contribution is -0.132. The van der Waals surface area contributed by atoms with Crippen molar-refractivity contribution in [1.29, 1.82) is 0 Å². The quantitative estimate of drug-likeness (QED) is 0.729. The molecule has 1 aromatic heterocycles. The van der Waals surface area contributed by atoms with Gasteiger partial charge in [-0.25, -0.2) is 18.9 Å². The summed E-state index contributed by atoms with van der Waals surface area (Å²) in [4.78, 5) is 30.3. The average molecular weight is 372 g/mol. The second-order valence-electron chi connectivity index (χ2n) is 6.17. The summed E-state index contributed by atoms with van der Waals surface area (Å²) in [7, 11) is 0. The Balaban J connectivity index is 1.65. The SMILES string of the molecule is CCN(C(=O)COC(=O)c1nc(C)n(-c2ccc(F)cc2)n1)C1=CCCC1. The van der Waals surface area contributed by atoms with E-state index in [2.05, 4.69) is 10.1 Å². The maximum atomic E-state index is 13.1. The molecule has 0 saturated heterocycles. The fraction of sp³-hybridized carbons (Fsp3) is 0.368. The van der Waals surface area contributed by atoms with Crippen molar-refractivity contribution in [2.45, 2.75) is 33.1 Å². The zero-order chi connectivity index (χ0) is 19.4. The van der Waals surface area contributed by atoms with Crippen molar-refractivity contribution in [3.8, 4) is 5.69 Å². The van der Waals surface area contributed by atoms with Crippen LogP contribution in [-0.4, -0.2) is 44.7 Å². The molecule has 3 rings (SSSR count). The van der Waals surface area contributed by atoms with Gasteiger partial charge in [-0.15, -0.1) is 5.10 Å². The van der Waals surface area contributed by atoms with Crippen LogP contribution in [0.25, 0.3) is 5.69 Å². The number of ether oxygens (including phenoxy) is 1. The van der Waals surface area contributed by atoms with Crippen LogP contribution in [0.1, 0.15) is 42.6 Å². The van der Waals surface area contributed by atoms with Gasteiger partial charge < -0.3 is 9.64 Å². The summed E-state index contributed by atoms with van der Waals surface area (Å²) in [5, 5.41) is 4.10. The van der Waals surface area contributed by atoms with E-state index in [1.807, 2.05) is 13.0 Å². The van der Waals surface area contributed by atoms with Gasteiger partial charge in [-0.05, 0) is 57.4 Å². The average Bonchev–Trinajstić information content (AvgIpc) is 3.31. The van der Waals surface area contributed by atoms with Gasteiger partial charge in [-0.2, -0.15) is 0 Å². The number of halogens is 1. The first-order valence-corrected chi connectivity index (χ1v) is 8.85. The number of aromatic nitrogens is 3. The van der Waals surface area contributed by atoms with E-state index >= 15 is 0 Å². The largest absolute Gasteiger partial charge is 0.450 e. The van der Waals surface area contributed by atoms with Crippen LogP contribution < -0.4 is 0 Å². The van der Waals surface area contributed by atoms with Gasteiger partial charge in [0.05, 0.1) is 5.69 Å². The highest BCUT2D eigenvalue weighted by atomic mass is 19.1. The number of esters is 1. The molecule has 1 aliphatic rings. The smallest absolute Gasteiger partial charge is 0.378 e. The molecule has 0 fully saturated rings. The zero-order valence-electron chi connectivity index (χ0n) is 15.3. The molecule has 8 heteroatoms. The molecular formula is C19H21FN4O3. The third-order valence-electron chi connectivity index (χ3n) is 4.33. The van der Waals surface area contributed by atoms with Crippen LogP contribution in [0.3, 0.4) is 0 Å². The van der Waals surface area contributed by atoms with Crippen LogP contribution in [0.2, 0.25) is 0 Å². The summed E-state index contributed by atoms with van der Waals surface area (Å²) in [5.41, 5.74) is 1.55. The maximum Gasteiger partial charge on any atom is 0.378 e. The van der Waals surface area contributed by atoms with Gasteiger partial charge in [0.15, 0.2) is 6.61 Å². The van der Waals surface area contributed by atoms with Crippen LogP contribution in [0, 0.1) is 12.7 Å². The lowest BCUT2D eigenvalue weighted by Gasteiger charge is -2.21. The minimum Gasteiger partial charge on any atom is -0.450 e. The van der Waals surface area contributed by atoms with Crippen molar-refractivity contribution in [2.75, 3.05) is 13.2 Å². The van der Waals surface area contributed by atoms with Gasteiger partial charge in [0.25, 0.3) is 11.7 Å². The topological polar surface area (TPSA) is 77.3 Å². The van der Waals surface area contributed by atoms with Crippen molar-refractivity contribution in [3.63, 3.8) is 0 Å². The first-order valence-electron chi connectivity index (χ1n) is 8.85. The van der Waals surface area contributed by atoms with Crippen LogP contribution in [-0.2, 0) is 9.53 Å². The Labute approximate surface area is 156 Å². The number of aryl methyl sites for hydroxylation is 1. The van der Waals surface area contributed by atoms with E-state index in [4.69, 9.17) is 4.74 Å². The summed E-state index contributed by atoms with van der Waals surface area (Å²) in [6.07, 6.45) is 4.89. The molecule has 1 heterocycles. The summed E-state index contributed by atoms with van der Waals surface area (Å²) in [6.45, 7) is 3.71. The molecule has 0 bridgehead atoms. The number of nitrogens with zero attached hydrogens (tertiary/aromatic N) is 4. The van der Waals surface area contributed by atoms with Gasteiger partial charge in [-0.3, -0.25) is 4.79 Å². The number of rotatable bonds is 6. The van der Waals surface area contributed by atoms with E-state index < -0.39 is 5.97 Å². The lowest BCUT2D eigenvalue weighted by atomic mass is 10.3. The number of benzene rings is 1. The number of hydrogen-bond donors (Lipinski definition) is 0. The van der Waals surface area contributed by atoms with E-state index in [0.29, 0.717) is 18.1 Å². The van der Waals surface area contributed by atoms with Gasteiger partial charge in [-0.1, -0.05) is 6.08 Å². The number of carbonyl (C=O) groups excluding carboxylic acids is 2. The van der Waals surface area contributed by atoms with Crippen LogP contribution in [0.15, 0.2) is 36.0 Å². The molecule has 0 aliphatic heterocycles. The molecule has 1 aromatic carbocycles. The molecule has 2 aromatic rings. The van der Waals surface area contributed by atoms with E-state index in [1.54, 1.807) is 11.8 Å².